The summed E-state index contributed by atoms with van der Waals surface area (Å²) in [5.41, 5.74) is 0.598. The van der Waals surface area contributed by atoms with Crippen LogP contribution >= 0.6 is 15.9 Å². The van der Waals surface area contributed by atoms with E-state index in [9.17, 15) is 9.59 Å². The minimum Gasteiger partial charge on any atom is -0.491 e. The lowest BCUT2D eigenvalue weighted by Crippen LogP contribution is -2.41. The molecule has 1 aromatic carbocycles. The Balaban J connectivity index is 2.07. The van der Waals surface area contributed by atoms with Gasteiger partial charge in [-0.05, 0) is 38.8 Å². The van der Waals surface area contributed by atoms with Gasteiger partial charge in [-0.15, -0.1) is 0 Å². The van der Waals surface area contributed by atoms with E-state index in [4.69, 9.17) is 9.84 Å². The number of carboxylic acid groups (broad SMARTS) is 1. The number of halogens is 1. The van der Waals surface area contributed by atoms with Crippen molar-refractivity contribution in [3.05, 3.63) is 22.7 Å². The van der Waals surface area contributed by atoms with Gasteiger partial charge in [-0.1, -0.05) is 15.9 Å². The molecule has 0 radical (unpaired) electrons. The first kappa shape index (κ1) is 15.8. The zero-order chi connectivity index (χ0) is 15.6. The van der Waals surface area contributed by atoms with Crippen LogP contribution < -0.4 is 10.1 Å². The molecule has 1 amide bonds. The second kappa shape index (κ2) is 6.47. The molecule has 1 aliphatic rings. The lowest BCUT2D eigenvalue weighted by Gasteiger charge is -2.31. The van der Waals surface area contributed by atoms with Crippen LogP contribution in [0, 0.1) is 11.8 Å². The highest BCUT2D eigenvalue weighted by molar-refractivity contribution is 9.10. The van der Waals surface area contributed by atoms with Crippen LogP contribution in [0.2, 0.25) is 0 Å². The van der Waals surface area contributed by atoms with Crippen molar-refractivity contribution in [1.29, 1.82) is 0 Å². The van der Waals surface area contributed by atoms with Crippen molar-refractivity contribution in [3.63, 3.8) is 0 Å². The molecule has 6 heteroatoms. The fourth-order valence-electron chi connectivity index (χ4n) is 2.32. The van der Waals surface area contributed by atoms with Gasteiger partial charge in [0.2, 0.25) is 5.91 Å². The van der Waals surface area contributed by atoms with E-state index in [1.165, 1.54) is 0 Å². The van der Waals surface area contributed by atoms with Gasteiger partial charge in [0, 0.05) is 16.2 Å². The first-order chi connectivity index (χ1) is 9.86. The number of amides is 1. The molecule has 2 unspecified atom stereocenters. The van der Waals surface area contributed by atoms with Crippen LogP contribution in [0.25, 0.3) is 0 Å². The molecular formula is C15H18BrNO4. The number of hydrogen-bond donors (Lipinski definition) is 2. The maximum atomic E-state index is 12.1. The fourth-order valence-corrected chi connectivity index (χ4v) is 2.79. The molecule has 0 bridgehead atoms. The number of rotatable bonds is 5. The van der Waals surface area contributed by atoms with Crippen molar-refractivity contribution < 1.29 is 19.4 Å². The standard InChI is InChI=1S/C15H18BrNO4/c1-8(2)21-11-6-9(16)5-10(7-11)17-14(18)12-3-4-13(12)15(19)20/h5-8,12-13H,3-4H2,1-2H3,(H,17,18)(H,19,20). The van der Waals surface area contributed by atoms with E-state index < -0.39 is 17.8 Å². The topological polar surface area (TPSA) is 75.6 Å². The van der Waals surface area contributed by atoms with Gasteiger partial charge in [-0.25, -0.2) is 0 Å². The van der Waals surface area contributed by atoms with Crippen molar-refractivity contribution in [2.24, 2.45) is 11.8 Å². The Morgan fingerprint density at radius 2 is 1.95 bits per heavy atom. The minimum atomic E-state index is -0.903. The number of nitrogens with one attached hydrogen (secondary N) is 1. The molecule has 2 atom stereocenters. The van der Waals surface area contributed by atoms with Crippen LogP contribution in [0.15, 0.2) is 22.7 Å². The van der Waals surface area contributed by atoms with Gasteiger partial charge in [0.05, 0.1) is 17.9 Å². The molecule has 1 fully saturated rings. The van der Waals surface area contributed by atoms with Gasteiger partial charge in [-0.3, -0.25) is 9.59 Å². The Labute approximate surface area is 131 Å². The van der Waals surface area contributed by atoms with E-state index in [1.54, 1.807) is 12.1 Å². The number of benzene rings is 1. The van der Waals surface area contributed by atoms with E-state index >= 15 is 0 Å². The molecule has 5 nitrogen and oxygen atoms in total. The zero-order valence-electron chi connectivity index (χ0n) is 11.9. The predicted octanol–water partition coefficient (Wildman–Crippen LogP) is 3.29. The van der Waals surface area contributed by atoms with Crippen LogP contribution in [0.5, 0.6) is 5.75 Å². The quantitative estimate of drug-likeness (QED) is 0.849. The van der Waals surface area contributed by atoms with Crippen molar-refractivity contribution >= 4 is 33.5 Å². The number of hydrogen-bond acceptors (Lipinski definition) is 3. The molecule has 2 rings (SSSR count). The van der Waals surface area contributed by atoms with E-state index in [0.29, 0.717) is 24.3 Å². The zero-order valence-corrected chi connectivity index (χ0v) is 13.5. The monoisotopic (exact) mass is 355 g/mol. The molecule has 1 saturated carbocycles. The molecule has 21 heavy (non-hydrogen) atoms. The summed E-state index contributed by atoms with van der Waals surface area (Å²) in [7, 11) is 0. The smallest absolute Gasteiger partial charge is 0.307 e. The highest BCUT2D eigenvalue weighted by Crippen LogP contribution is 2.36. The van der Waals surface area contributed by atoms with Crippen LogP contribution in [0.3, 0.4) is 0 Å². The van der Waals surface area contributed by atoms with E-state index in [-0.39, 0.29) is 12.0 Å². The second-order valence-corrected chi connectivity index (χ2v) is 6.38. The average Bonchev–Trinajstić information content (AvgIpc) is 2.23. The average molecular weight is 356 g/mol. The van der Waals surface area contributed by atoms with Crippen LogP contribution in [-0.2, 0) is 9.59 Å². The minimum absolute atomic E-state index is 0.0332. The van der Waals surface area contributed by atoms with Crippen molar-refractivity contribution in [1.82, 2.24) is 0 Å². The van der Waals surface area contributed by atoms with E-state index in [1.807, 2.05) is 19.9 Å². The SMILES string of the molecule is CC(C)Oc1cc(Br)cc(NC(=O)C2CCC2C(=O)O)c1. The first-order valence-corrected chi connectivity index (χ1v) is 7.67. The highest BCUT2D eigenvalue weighted by Gasteiger charge is 2.41. The van der Waals surface area contributed by atoms with Crippen LogP contribution in [-0.4, -0.2) is 23.1 Å². The maximum Gasteiger partial charge on any atom is 0.307 e. The summed E-state index contributed by atoms with van der Waals surface area (Å²) in [4.78, 5) is 23.1. The van der Waals surface area contributed by atoms with Crippen molar-refractivity contribution in [2.75, 3.05) is 5.32 Å². The number of anilines is 1. The summed E-state index contributed by atoms with van der Waals surface area (Å²) in [6, 6.07) is 5.32. The Morgan fingerprint density at radius 1 is 1.29 bits per heavy atom. The Bertz CT molecular complexity index is 559. The molecule has 0 heterocycles. The number of ether oxygens (including phenoxy) is 1. The number of carboxylic acids is 1. The summed E-state index contributed by atoms with van der Waals surface area (Å²) >= 11 is 3.37. The molecule has 0 aliphatic heterocycles. The van der Waals surface area contributed by atoms with Crippen molar-refractivity contribution in [2.45, 2.75) is 32.8 Å². The van der Waals surface area contributed by atoms with E-state index in [2.05, 4.69) is 21.2 Å². The summed E-state index contributed by atoms with van der Waals surface area (Å²) < 4.78 is 6.39. The number of carbonyl (C=O) groups is 2. The van der Waals surface area contributed by atoms with E-state index in [0.717, 1.165) is 4.47 Å². The number of aliphatic carboxylic acids is 1. The third-order valence-corrected chi connectivity index (χ3v) is 3.90. The summed E-state index contributed by atoms with van der Waals surface area (Å²) in [5.74, 6) is -1.51. The molecule has 2 N–H and O–H groups in total. The van der Waals surface area contributed by atoms with Gasteiger partial charge < -0.3 is 15.2 Å². The molecular weight excluding hydrogens is 338 g/mol. The molecule has 0 aromatic heterocycles. The highest BCUT2D eigenvalue weighted by atomic mass is 79.9. The Morgan fingerprint density at radius 3 is 2.48 bits per heavy atom. The first-order valence-electron chi connectivity index (χ1n) is 6.87. The predicted molar refractivity (Wildman–Crippen MR) is 82.4 cm³/mol. The molecule has 0 spiro atoms. The van der Waals surface area contributed by atoms with Gasteiger partial charge in [0.1, 0.15) is 5.75 Å². The Kier molecular flexibility index (Phi) is 4.88. The maximum absolute atomic E-state index is 12.1. The summed E-state index contributed by atoms with van der Waals surface area (Å²) in [5, 5.41) is 11.8. The third kappa shape index (κ3) is 3.97. The van der Waals surface area contributed by atoms with Gasteiger partial charge in [0.25, 0.3) is 0 Å². The Hall–Kier alpha value is -1.56. The van der Waals surface area contributed by atoms with Crippen LogP contribution in [0.4, 0.5) is 5.69 Å². The molecule has 114 valence electrons. The third-order valence-electron chi connectivity index (χ3n) is 3.44. The largest absolute Gasteiger partial charge is 0.491 e. The summed E-state index contributed by atoms with van der Waals surface area (Å²) in [6.45, 7) is 3.84. The lowest BCUT2D eigenvalue weighted by molar-refractivity contribution is -0.151. The normalized spacial score (nSPS) is 20.8. The molecule has 1 aromatic rings. The second-order valence-electron chi connectivity index (χ2n) is 5.46. The fraction of sp³-hybridized carbons (Fsp3) is 0.467. The molecule has 1 aliphatic carbocycles. The van der Waals surface area contributed by atoms with Crippen molar-refractivity contribution in [3.8, 4) is 5.75 Å². The number of carbonyl (C=O) groups excluding carboxylic acids is 1. The van der Waals surface area contributed by atoms with Gasteiger partial charge in [-0.2, -0.15) is 0 Å². The summed E-state index contributed by atoms with van der Waals surface area (Å²) in [6.07, 6.45) is 1.21. The van der Waals surface area contributed by atoms with Gasteiger partial charge >= 0.3 is 5.97 Å². The van der Waals surface area contributed by atoms with Crippen LogP contribution in [0.1, 0.15) is 26.7 Å². The lowest BCUT2D eigenvalue weighted by atomic mass is 9.73. The van der Waals surface area contributed by atoms with Gasteiger partial charge in [0.15, 0.2) is 0 Å². The molecule has 0 saturated heterocycles.